The van der Waals surface area contributed by atoms with E-state index in [2.05, 4.69) is 12.2 Å². The smallest absolute Gasteiger partial charge is 0.123 e. The minimum Gasteiger partial charge on any atom is -0.387 e. The van der Waals surface area contributed by atoms with E-state index in [4.69, 9.17) is 0 Å². The molecule has 0 amide bonds. The van der Waals surface area contributed by atoms with Gasteiger partial charge >= 0.3 is 0 Å². The average Bonchev–Trinajstić information content (AvgIpc) is 2.48. The van der Waals surface area contributed by atoms with E-state index in [9.17, 15) is 9.50 Å². The van der Waals surface area contributed by atoms with Crippen molar-refractivity contribution in [1.82, 2.24) is 5.32 Å². The molecule has 0 bridgehead atoms. The van der Waals surface area contributed by atoms with Crippen LogP contribution in [0.25, 0.3) is 0 Å². The summed E-state index contributed by atoms with van der Waals surface area (Å²) in [5, 5.41) is 13.4. The molecule has 0 spiro atoms. The molecule has 2 atom stereocenters. The van der Waals surface area contributed by atoms with Crippen molar-refractivity contribution >= 4 is 0 Å². The minimum atomic E-state index is -0.508. The van der Waals surface area contributed by atoms with E-state index in [1.807, 2.05) is 30.3 Å². The molecule has 2 nitrogen and oxygen atoms in total. The van der Waals surface area contributed by atoms with Crippen molar-refractivity contribution in [3.05, 3.63) is 71.5 Å². The highest BCUT2D eigenvalue weighted by molar-refractivity contribution is 5.18. The number of aliphatic hydroxyl groups is 1. The molecule has 0 saturated carbocycles. The summed E-state index contributed by atoms with van der Waals surface area (Å²) in [6.07, 6.45) is 0.300. The van der Waals surface area contributed by atoms with Crippen LogP contribution in [0, 0.1) is 5.82 Å². The molecule has 2 aromatic rings. The van der Waals surface area contributed by atoms with Gasteiger partial charge in [0.05, 0.1) is 6.10 Å². The first-order valence-corrected chi connectivity index (χ1v) is 6.86. The zero-order chi connectivity index (χ0) is 14.4. The Labute approximate surface area is 119 Å². The van der Waals surface area contributed by atoms with Gasteiger partial charge in [-0.25, -0.2) is 4.39 Å². The second-order valence-corrected chi connectivity index (χ2v) is 5.07. The van der Waals surface area contributed by atoms with Crippen LogP contribution in [0.4, 0.5) is 4.39 Å². The van der Waals surface area contributed by atoms with Gasteiger partial charge in [0.1, 0.15) is 5.82 Å². The molecule has 3 heteroatoms. The Morgan fingerprint density at radius 1 is 1.05 bits per heavy atom. The standard InChI is InChI=1S/C17H20FNO/c1-13(11-14-7-9-16(18)10-8-14)19-12-17(20)15-5-3-2-4-6-15/h2-10,13,17,19-20H,11-12H2,1H3. The summed E-state index contributed by atoms with van der Waals surface area (Å²) in [6, 6.07) is 16.3. The number of hydrogen-bond acceptors (Lipinski definition) is 2. The fourth-order valence-electron chi connectivity index (χ4n) is 2.15. The summed E-state index contributed by atoms with van der Waals surface area (Å²) in [7, 11) is 0. The van der Waals surface area contributed by atoms with Crippen molar-refractivity contribution in [2.24, 2.45) is 0 Å². The number of halogens is 1. The van der Waals surface area contributed by atoms with Crippen molar-refractivity contribution in [1.29, 1.82) is 0 Å². The first-order chi connectivity index (χ1) is 9.65. The van der Waals surface area contributed by atoms with Crippen molar-refractivity contribution in [2.75, 3.05) is 6.54 Å². The van der Waals surface area contributed by atoms with E-state index in [1.54, 1.807) is 12.1 Å². The maximum absolute atomic E-state index is 12.8. The number of aliphatic hydroxyl groups excluding tert-OH is 1. The molecule has 0 aliphatic rings. The summed E-state index contributed by atoms with van der Waals surface area (Å²) in [5.74, 6) is -0.214. The van der Waals surface area contributed by atoms with Crippen LogP contribution in [0.15, 0.2) is 54.6 Å². The Hall–Kier alpha value is -1.71. The number of benzene rings is 2. The van der Waals surface area contributed by atoms with Crippen LogP contribution in [-0.4, -0.2) is 17.7 Å². The van der Waals surface area contributed by atoms with Crippen molar-refractivity contribution in [3.8, 4) is 0 Å². The summed E-state index contributed by atoms with van der Waals surface area (Å²) in [6.45, 7) is 2.56. The van der Waals surface area contributed by atoms with Crippen molar-refractivity contribution < 1.29 is 9.50 Å². The first kappa shape index (κ1) is 14.7. The second kappa shape index (κ2) is 7.17. The lowest BCUT2D eigenvalue weighted by molar-refractivity contribution is 0.170. The van der Waals surface area contributed by atoms with Gasteiger partial charge in [-0.3, -0.25) is 0 Å². The van der Waals surface area contributed by atoms with E-state index in [0.717, 1.165) is 17.5 Å². The molecule has 20 heavy (non-hydrogen) atoms. The Kier molecular flexibility index (Phi) is 5.27. The summed E-state index contributed by atoms with van der Waals surface area (Å²) in [5.41, 5.74) is 1.99. The molecule has 0 radical (unpaired) electrons. The predicted molar refractivity (Wildman–Crippen MR) is 79.0 cm³/mol. The third kappa shape index (κ3) is 4.44. The maximum Gasteiger partial charge on any atom is 0.123 e. The van der Waals surface area contributed by atoms with Crippen molar-refractivity contribution in [3.63, 3.8) is 0 Å². The van der Waals surface area contributed by atoms with Crippen LogP contribution in [0.5, 0.6) is 0 Å². The lowest BCUT2D eigenvalue weighted by atomic mass is 10.1. The molecular weight excluding hydrogens is 253 g/mol. The van der Waals surface area contributed by atoms with E-state index in [-0.39, 0.29) is 11.9 Å². The molecule has 0 fully saturated rings. The van der Waals surface area contributed by atoms with E-state index in [1.165, 1.54) is 12.1 Å². The highest BCUT2D eigenvalue weighted by atomic mass is 19.1. The highest BCUT2D eigenvalue weighted by Gasteiger charge is 2.09. The Morgan fingerprint density at radius 3 is 2.35 bits per heavy atom. The predicted octanol–water partition coefficient (Wildman–Crippen LogP) is 3.08. The average molecular weight is 273 g/mol. The van der Waals surface area contributed by atoms with E-state index >= 15 is 0 Å². The zero-order valence-electron chi connectivity index (χ0n) is 11.6. The SMILES string of the molecule is CC(Cc1ccc(F)cc1)NCC(O)c1ccccc1. The molecule has 0 saturated heterocycles. The summed E-state index contributed by atoms with van der Waals surface area (Å²) < 4.78 is 12.8. The molecule has 106 valence electrons. The van der Waals surface area contributed by atoms with Gasteiger partial charge in [0.25, 0.3) is 0 Å². The van der Waals surface area contributed by atoms with Crippen LogP contribution in [0.2, 0.25) is 0 Å². The second-order valence-electron chi connectivity index (χ2n) is 5.07. The number of hydrogen-bond donors (Lipinski definition) is 2. The molecule has 2 aromatic carbocycles. The largest absolute Gasteiger partial charge is 0.387 e. The maximum atomic E-state index is 12.8. The zero-order valence-corrected chi connectivity index (χ0v) is 11.6. The van der Waals surface area contributed by atoms with Gasteiger partial charge in [0.2, 0.25) is 0 Å². The van der Waals surface area contributed by atoms with Gasteiger partial charge < -0.3 is 10.4 Å². The Morgan fingerprint density at radius 2 is 1.70 bits per heavy atom. The number of rotatable bonds is 6. The van der Waals surface area contributed by atoms with E-state index in [0.29, 0.717) is 6.54 Å². The first-order valence-electron chi connectivity index (χ1n) is 6.86. The van der Waals surface area contributed by atoms with Gasteiger partial charge in [0.15, 0.2) is 0 Å². The number of nitrogens with one attached hydrogen (secondary N) is 1. The normalized spacial score (nSPS) is 13.9. The van der Waals surface area contributed by atoms with Crippen LogP contribution in [0.1, 0.15) is 24.2 Å². The van der Waals surface area contributed by atoms with E-state index < -0.39 is 6.10 Å². The third-order valence-electron chi connectivity index (χ3n) is 3.30. The van der Waals surface area contributed by atoms with Crippen LogP contribution >= 0.6 is 0 Å². The van der Waals surface area contributed by atoms with Crippen LogP contribution in [0.3, 0.4) is 0 Å². The quantitative estimate of drug-likeness (QED) is 0.847. The van der Waals surface area contributed by atoms with Crippen molar-refractivity contribution in [2.45, 2.75) is 25.5 Å². The van der Waals surface area contributed by atoms with Gasteiger partial charge in [0, 0.05) is 12.6 Å². The topological polar surface area (TPSA) is 32.3 Å². The molecule has 0 aromatic heterocycles. The highest BCUT2D eigenvalue weighted by Crippen LogP contribution is 2.11. The van der Waals surface area contributed by atoms with Gasteiger partial charge in [-0.05, 0) is 36.6 Å². The molecule has 0 heterocycles. The monoisotopic (exact) mass is 273 g/mol. The van der Waals surface area contributed by atoms with Gasteiger partial charge in [-0.1, -0.05) is 42.5 Å². The summed E-state index contributed by atoms with van der Waals surface area (Å²) >= 11 is 0. The Balaban J connectivity index is 1.80. The molecule has 2 N–H and O–H groups in total. The fraction of sp³-hybridized carbons (Fsp3) is 0.294. The molecule has 2 unspecified atom stereocenters. The summed E-state index contributed by atoms with van der Waals surface area (Å²) in [4.78, 5) is 0. The molecular formula is C17H20FNO. The van der Waals surface area contributed by atoms with Gasteiger partial charge in [-0.15, -0.1) is 0 Å². The molecule has 0 aliphatic carbocycles. The van der Waals surface area contributed by atoms with Crippen LogP contribution < -0.4 is 5.32 Å². The minimum absolute atomic E-state index is 0.214. The molecule has 2 rings (SSSR count). The Bertz CT molecular complexity index is 512. The third-order valence-corrected chi connectivity index (χ3v) is 3.30. The lowest BCUT2D eigenvalue weighted by Crippen LogP contribution is -2.32. The fourth-order valence-corrected chi connectivity index (χ4v) is 2.15. The van der Waals surface area contributed by atoms with Gasteiger partial charge in [-0.2, -0.15) is 0 Å². The molecule has 0 aliphatic heterocycles. The van der Waals surface area contributed by atoms with Crippen LogP contribution in [-0.2, 0) is 6.42 Å². The lowest BCUT2D eigenvalue weighted by Gasteiger charge is -2.17.